The Hall–Kier alpha value is -5.41. The van der Waals surface area contributed by atoms with E-state index in [1.807, 2.05) is 5.32 Å². The lowest BCUT2D eigenvalue weighted by atomic mass is 10.2. The molecule has 0 spiro atoms. The van der Waals surface area contributed by atoms with Crippen LogP contribution in [0.1, 0.15) is 38.5 Å². The predicted molar refractivity (Wildman–Crippen MR) is 149 cm³/mol. The average molecular weight is 659 g/mol. The van der Waals surface area contributed by atoms with Crippen LogP contribution < -0.4 is 47.9 Å². The molecule has 0 aromatic rings. The van der Waals surface area contributed by atoms with E-state index < -0.39 is 18.1 Å². The molecule has 0 aromatic heterocycles. The van der Waals surface area contributed by atoms with Crippen molar-refractivity contribution in [3.05, 3.63) is 0 Å². The minimum absolute atomic E-state index is 0.199. The van der Waals surface area contributed by atoms with Gasteiger partial charge in [0, 0.05) is 58.5 Å². The molecule has 6 aliphatic rings. The SMILES string of the molecule is O=C1CCNC(=O)N1.O=C1CCNC(=O)N1.O=C1CCNC(=O)N1.O=C1CCNC(=O)N1.O=C1NC(=O)N(C2CCCO2)CC1F. The molecule has 0 radical (unpaired) electrons. The number of hydrogen-bond donors (Lipinski definition) is 9. The smallest absolute Gasteiger partial charge is 0.326 e. The van der Waals surface area contributed by atoms with Crippen molar-refractivity contribution in [2.24, 2.45) is 0 Å². The van der Waals surface area contributed by atoms with Crippen LogP contribution in [-0.2, 0) is 28.7 Å². The number of nitrogens with zero attached hydrogens (tertiary/aromatic N) is 1. The zero-order valence-corrected chi connectivity index (χ0v) is 24.5. The molecule has 46 heavy (non-hydrogen) atoms. The van der Waals surface area contributed by atoms with Gasteiger partial charge in [-0.15, -0.1) is 0 Å². The summed E-state index contributed by atoms with van der Waals surface area (Å²) in [5.41, 5.74) is 0. The molecule has 6 rings (SSSR count). The number of imide groups is 5. The maximum Gasteiger partial charge on any atom is 0.326 e. The number of carbonyl (C=O) groups is 10. The Labute approximate surface area is 260 Å². The van der Waals surface area contributed by atoms with Crippen molar-refractivity contribution in [2.45, 2.75) is 50.9 Å². The van der Waals surface area contributed by atoms with Gasteiger partial charge in [-0.05, 0) is 12.8 Å². The molecule has 0 aliphatic carbocycles. The number of ether oxygens (including phenoxy) is 1. The van der Waals surface area contributed by atoms with Gasteiger partial charge in [-0.2, -0.15) is 0 Å². The predicted octanol–water partition coefficient (Wildman–Crippen LogP) is -3.12. The quantitative estimate of drug-likeness (QED) is 0.136. The number of halogens is 1. The van der Waals surface area contributed by atoms with Crippen LogP contribution in [-0.4, -0.2) is 116 Å². The van der Waals surface area contributed by atoms with Crippen molar-refractivity contribution in [3.8, 4) is 0 Å². The molecular formula is C24H35FN10O11. The van der Waals surface area contributed by atoms with Gasteiger partial charge in [-0.1, -0.05) is 0 Å². The summed E-state index contributed by atoms with van der Waals surface area (Å²) in [6.07, 6.45) is 1.13. The van der Waals surface area contributed by atoms with Crippen LogP contribution in [0.2, 0.25) is 0 Å². The Morgan fingerprint density at radius 2 is 0.935 bits per heavy atom. The van der Waals surface area contributed by atoms with E-state index in [-0.39, 0.29) is 60.5 Å². The van der Waals surface area contributed by atoms with Crippen LogP contribution in [0.3, 0.4) is 0 Å². The summed E-state index contributed by atoms with van der Waals surface area (Å²) >= 11 is 0. The van der Waals surface area contributed by atoms with E-state index >= 15 is 0 Å². The third-order valence-electron chi connectivity index (χ3n) is 5.95. The van der Waals surface area contributed by atoms with Crippen LogP contribution in [0, 0.1) is 0 Å². The molecule has 0 aromatic carbocycles. The number of rotatable bonds is 1. The standard InChI is InChI=1S/C8H11FN2O3.4C4H6N2O2/c9-5-4-11(6-2-1-3-14-6)8(13)10-7(5)12;4*7-3-1-2-5-4(8)6-3/h5-6H,1-4H2,(H,10,12,13);4*1-2H2,(H2,5,6,7,8). The highest BCUT2D eigenvalue weighted by atomic mass is 19.1. The third-order valence-corrected chi connectivity index (χ3v) is 5.95. The molecule has 15 amide bonds. The Kier molecular flexibility index (Phi) is 15.3. The number of hydrogen-bond acceptors (Lipinski definition) is 11. The summed E-state index contributed by atoms with van der Waals surface area (Å²) in [6, 6.07) is -2.11. The first-order chi connectivity index (χ1) is 21.8. The van der Waals surface area contributed by atoms with E-state index in [9.17, 15) is 52.3 Å². The lowest BCUT2D eigenvalue weighted by Crippen LogP contribution is -2.58. The van der Waals surface area contributed by atoms with Crippen LogP contribution in [0.5, 0.6) is 0 Å². The van der Waals surface area contributed by atoms with Crippen LogP contribution in [0.25, 0.3) is 0 Å². The number of urea groups is 5. The lowest BCUT2D eigenvalue weighted by molar-refractivity contribution is -0.129. The van der Waals surface area contributed by atoms with Crippen LogP contribution in [0.4, 0.5) is 28.4 Å². The fourth-order valence-electron chi connectivity index (χ4n) is 3.74. The van der Waals surface area contributed by atoms with Gasteiger partial charge in [0.15, 0.2) is 6.17 Å². The molecule has 9 N–H and O–H groups in total. The largest absolute Gasteiger partial charge is 0.358 e. The van der Waals surface area contributed by atoms with Crippen LogP contribution in [0.15, 0.2) is 0 Å². The molecule has 0 bridgehead atoms. The zero-order valence-electron chi connectivity index (χ0n) is 24.5. The number of carbonyl (C=O) groups excluding carboxylic acids is 10. The third kappa shape index (κ3) is 14.4. The maximum atomic E-state index is 13.0. The van der Waals surface area contributed by atoms with Gasteiger partial charge in [0.05, 0.1) is 6.54 Å². The van der Waals surface area contributed by atoms with Gasteiger partial charge in [-0.3, -0.25) is 55.5 Å². The van der Waals surface area contributed by atoms with E-state index in [0.717, 1.165) is 6.42 Å². The van der Waals surface area contributed by atoms with Crippen molar-refractivity contribution in [1.82, 2.24) is 52.8 Å². The maximum absolute atomic E-state index is 13.0. The van der Waals surface area contributed by atoms with Crippen molar-refractivity contribution in [2.75, 3.05) is 39.3 Å². The second-order valence-electron chi connectivity index (χ2n) is 9.60. The first-order valence-electron chi connectivity index (χ1n) is 14.0. The number of nitrogens with one attached hydrogen (secondary N) is 9. The highest BCUT2D eigenvalue weighted by molar-refractivity contribution is 5.99. The van der Waals surface area contributed by atoms with Gasteiger partial charge >= 0.3 is 30.2 Å². The Balaban J connectivity index is 0.000000205. The number of amides is 15. The van der Waals surface area contributed by atoms with E-state index in [1.165, 1.54) is 4.90 Å². The molecule has 6 fully saturated rings. The van der Waals surface area contributed by atoms with Gasteiger partial charge in [0.1, 0.15) is 6.23 Å². The van der Waals surface area contributed by atoms with E-state index in [2.05, 4.69) is 42.5 Å². The molecule has 22 heteroatoms. The molecule has 21 nitrogen and oxygen atoms in total. The number of alkyl halides is 1. The summed E-state index contributed by atoms with van der Waals surface area (Å²) in [4.78, 5) is 105. The zero-order chi connectivity index (χ0) is 34.1. The first-order valence-corrected chi connectivity index (χ1v) is 14.0. The molecule has 2 atom stereocenters. The minimum atomic E-state index is -1.64. The summed E-state index contributed by atoms with van der Waals surface area (Å²) in [5, 5.41) is 20.1. The van der Waals surface area contributed by atoms with E-state index in [0.29, 0.717) is 64.9 Å². The molecule has 0 saturated carbocycles. The topological polar surface area (TPSA) is 291 Å². The fraction of sp³-hybridized carbons (Fsp3) is 0.583. The lowest BCUT2D eigenvalue weighted by Gasteiger charge is -2.32. The van der Waals surface area contributed by atoms with Gasteiger partial charge < -0.3 is 26.0 Å². The highest BCUT2D eigenvalue weighted by Crippen LogP contribution is 2.19. The summed E-state index contributed by atoms with van der Waals surface area (Å²) in [6.45, 7) is 2.24. The molecule has 254 valence electrons. The average Bonchev–Trinajstić information content (AvgIpc) is 3.51. The Morgan fingerprint density at radius 3 is 1.20 bits per heavy atom. The molecule has 6 heterocycles. The first kappa shape index (κ1) is 36.8. The Morgan fingerprint density at radius 1 is 0.565 bits per heavy atom. The van der Waals surface area contributed by atoms with Crippen molar-refractivity contribution >= 4 is 59.7 Å². The molecule has 6 aliphatic heterocycles. The van der Waals surface area contributed by atoms with Crippen molar-refractivity contribution in [3.63, 3.8) is 0 Å². The molecule has 2 unspecified atom stereocenters. The highest BCUT2D eigenvalue weighted by Gasteiger charge is 2.37. The summed E-state index contributed by atoms with van der Waals surface area (Å²) in [5.74, 6) is -1.66. The second kappa shape index (κ2) is 19.1. The van der Waals surface area contributed by atoms with Crippen molar-refractivity contribution < 1.29 is 57.1 Å². The van der Waals surface area contributed by atoms with E-state index in [1.54, 1.807) is 0 Å². The van der Waals surface area contributed by atoms with E-state index in [4.69, 9.17) is 4.74 Å². The van der Waals surface area contributed by atoms with Crippen LogP contribution >= 0.6 is 0 Å². The molecule has 6 saturated heterocycles. The normalized spacial score (nSPS) is 23.7. The Bertz CT molecular complexity index is 1030. The van der Waals surface area contributed by atoms with Gasteiger partial charge in [0.2, 0.25) is 23.6 Å². The van der Waals surface area contributed by atoms with Gasteiger partial charge in [-0.25, -0.2) is 28.4 Å². The van der Waals surface area contributed by atoms with Gasteiger partial charge in [0.25, 0.3) is 5.91 Å². The second-order valence-corrected chi connectivity index (χ2v) is 9.60. The monoisotopic (exact) mass is 658 g/mol. The fourth-order valence-corrected chi connectivity index (χ4v) is 3.74. The van der Waals surface area contributed by atoms with Crippen molar-refractivity contribution in [1.29, 1.82) is 0 Å². The summed E-state index contributed by atoms with van der Waals surface area (Å²) < 4.78 is 18.2. The summed E-state index contributed by atoms with van der Waals surface area (Å²) in [7, 11) is 0. The molecular weight excluding hydrogens is 623 g/mol. The minimum Gasteiger partial charge on any atom is -0.358 e.